The van der Waals surface area contributed by atoms with Crippen molar-refractivity contribution in [3.05, 3.63) is 65.3 Å². The Morgan fingerprint density at radius 1 is 0.963 bits per heavy atom. The number of rotatable bonds is 6. The molecule has 0 spiro atoms. The van der Waals surface area contributed by atoms with Crippen LogP contribution in [0.1, 0.15) is 45.6 Å². The van der Waals surface area contributed by atoms with Crippen molar-refractivity contribution in [1.29, 1.82) is 0 Å². The second kappa shape index (κ2) is 7.35. The van der Waals surface area contributed by atoms with E-state index in [0.29, 0.717) is 11.2 Å². The van der Waals surface area contributed by atoms with Crippen LogP contribution >= 0.6 is 0 Å². The quantitative estimate of drug-likeness (QED) is 0.492. The predicted octanol–water partition coefficient (Wildman–Crippen LogP) is 4.88. The van der Waals surface area contributed by atoms with Crippen LogP contribution in [0.25, 0.3) is 27.8 Å². The van der Waals surface area contributed by atoms with Crippen LogP contribution in [0.15, 0.2) is 59.8 Å². The van der Waals surface area contributed by atoms with Gasteiger partial charge in [0.2, 0.25) is 0 Å². The summed E-state index contributed by atoms with van der Waals surface area (Å²) in [7, 11) is 0. The minimum atomic E-state index is -0.0582. The van der Waals surface area contributed by atoms with Gasteiger partial charge in [-0.2, -0.15) is 0 Å². The Labute approximate surface area is 158 Å². The van der Waals surface area contributed by atoms with Crippen LogP contribution in [-0.4, -0.2) is 19.1 Å². The van der Waals surface area contributed by atoms with Crippen molar-refractivity contribution in [3.8, 4) is 5.69 Å². The van der Waals surface area contributed by atoms with Gasteiger partial charge in [0.15, 0.2) is 0 Å². The molecule has 1 aromatic carbocycles. The lowest BCUT2D eigenvalue weighted by Crippen LogP contribution is -2.23. The van der Waals surface area contributed by atoms with Crippen LogP contribution in [0.3, 0.4) is 0 Å². The van der Waals surface area contributed by atoms with Crippen LogP contribution < -0.4 is 5.56 Å². The van der Waals surface area contributed by atoms with Crippen LogP contribution in [0, 0.1) is 0 Å². The van der Waals surface area contributed by atoms with Gasteiger partial charge >= 0.3 is 0 Å². The molecule has 5 heteroatoms. The van der Waals surface area contributed by atoms with E-state index in [9.17, 15) is 4.79 Å². The van der Waals surface area contributed by atoms with Crippen LogP contribution in [-0.2, 0) is 0 Å². The molecule has 0 unspecified atom stereocenters. The molecule has 0 saturated carbocycles. The molecule has 3 heterocycles. The average molecular weight is 360 g/mol. The zero-order valence-electron chi connectivity index (χ0n) is 15.8. The normalized spacial score (nSPS) is 11.7. The molecule has 0 radical (unpaired) electrons. The fourth-order valence-corrected chi connectivity index (χ4v) is 3.91. The Hall–Kier alpha value is -2.95. The molecular formula is C22H24N4O. The lowest BCUT2D eigenvalue weighted by atomic mass is 10.1. The van der Waals surface area contributed by atoms with Crippen molar-refractivity contribution in [2.24, 2.45) is 0 Å². The van der Waals surface area contributed by atoms with Gasteiger partial charge in [-0.05, 0) is 37.1 Å². The van der Waals surface area contributed by atoms with Crippen molar-refractivity contribution in [3.63, 3.8) is 0 Å². The summed E-state index contributed by atoms with van der Waals surface area (Å²) in [6, 6.07) is 13.9. The third kappa shape index (κ3) is 2.93. The molecule has 0 atom stereocenters. The SMILES string of the molecule is CCCC(CCC)n1cnc2c3cccnc3n(-c3ccccc3)c(=O)c21. The molecule has 0 aliphatic carbocycles. The second-order valence-corrected chi connectivity index (χ2v) is 6.93. The molecule has 5 nitrogen and oxygen atoms in total. The summed E-state index contributed by atoms with van der Waals surface area (Å²) >= 11 is 0. The molecule has 4 aromatic rings. The fourth-order valence-electron chi connectivity index (χ4n) is 3.91. The van der Waals surface area contributed by atoms with E-state index >= 15 is 0 Å². The lowest BCUT2D eigenvalue weighted by molar-refractivity contribution is 0.435. The summed E-state index contributed by atoms with van der Waals surface area (Å²) in [5.74, 6) is 0. The summed E-state index contributed by atoms with van der Waals surface area (Å²) < 4.78 is 3.81. The highest BCUT2D eigenvalue weighted by molar-refractivity contribution is 6.01. The number of hydrogen-bond acceptors (Lipinski definition) is 3. The lowest BCUT2D eigenvalue weighted by Gasteiger charge is -2.18. The van der Waals surface area contributed by atoms with Crippen molar-refractivity contribution >= 4 is 22.1 Å². The summed E-state index contributed by atoms with van der Waals surface area (Å²) in [6.45, 7) is 4.37. The molecule has 0 amide bonds. The summed E-state index contributed by atoms with van der Waals surface area (Å²) in [5, 5.41) is 0.904. The second-order valence-electron chi connectivity index (χ2n) is 6.93. The van der Waals surface area contributed by atoms with Crippen molar-refractivity contribution < 1.29 is 0 Å². The summed E-state index contributed by atoms with van der Waals surface area (Å²) in [6.07, 6.45) is 7.79. The number of benzene rings is 1. The van der Waals surface area contributed by atoms with Crippen molar-refractivity contribution in [2.45, 2.75) is 45.6 Å². The molecule has 0 N–H and O–H groups in total. The number of pyridine rings is 2. The van der Waals surface area contributed by atoms with Crippen molar-refractivity contribution in [2.75, 3.05) is 0 Å². The number of hydrogen-bond donors (Lipinski definition) is 0. The topological polar surface area (TPSA) is 52.7 Å². The zero-order valence-corrected chi connectivity index (χ0v) is 15.8. The first kappa shape index (κ1) is 17.5. The van der Waals surface area contributed by atoms with Crippen molar-refractivity contribution in [1.82, 2.24) is 19.1 Å². The first-order valence-electron chi connectivity index (χ1n) is 9.68. The van der Waals surface area contributed by atoms with E-state index in [1.54, 1.807) is 10.8 Å². The van der Waals surface area contributed by atoms with E-state index in [1.807, 2.05) is 48.8 Å². The highest BCUT2D eigenvalue weighted by Crippen LogP contribution is 2.27. The minimum Gasteiger partial charge on any atom is -0.323 e. The Morgan fingerprint density at radius 2 is 1.70 bits per heavy atom. The standard InChI is InChI=1S/C22H24N4O/c1-3-9-16(10-4-2)25-15-24-19-18-13-8-14-23-21(18)26(22(27)20(19)25)17-11-6-5-7-12-17/h5-8,11-16H,3-4,9-10H2,1-2H3. The molecule has 0 saturated heterocycles. The smallest absolute Gasteiger partial charge is 0.282 e. The number of imidazole rings is 1. The highest BCUT2D eigenvalue weighted by Gasteiger charge is 2.20. The fraction of sp³-hybridized carbons (Fsp3) is 0.318. The molecule has 0 aliphatic heterocycles. The Morgan fingerprint density at radius 3 is 2.41 bits per heavy atom. The Kier molecular flexibility index (Phi) is 4.75. The third-order valence-electron chi connectivity index (χ3n) is 5.10. The Balaban J connectivity index is 2.09. The van der Waals surface area contributed by atoms with Crippen LogP contribution in [0.2, 0.25) is 0 Å². The minimum absolute atomic E-state index is 0.0582. The first-order valence-corrected chi connectivity index (χ1v) is 9.68. The van der Waals surface area contributed by atoms with E-state index in [0.717, 1.165) is 42.3 Å². The zero-order chi connectivity index (χ0) is 18.8. The van der Waals surface area contributed by atoms with Gasteiger partial charge in [-0.15, -0.1) is 0 Å². The van der Waals surface area contributed by atoms with Gasteiger partial charge in [-0.3, -0.25) is 9.36 Å². The van der Waals surface area contributed by atoms with E-state index in [-0.39, 0.29) is 11.6 Å². The van der Waals surface area contributed by atoms with E-state index in [2.05, 4.69) is 28.4 Å². The third-order valence-corrected chi connectivity index (χ3v) is 5.10. The number of aromatic nitrogens is 4. The van der Waals surface area contributed by atoms with Gasteiger partial charge in [0.05, 0.1) is 12.0 Å². The summed E-state index contributed by atoms with van der Waals surface area (Å²) in [5.41, 5.74) is 2.83. The molecule has 138 valence electrons. The van der Waals surface area contributed by atoms with Gasteiger partial charge in [0.25, 0.3) is 5.56 Å². The van der Waals surface area contributed by atoms with E-state index in [1.165, 1.54) is 0 Å². The number of para-hydroxylation sites is 1. The molecule has 4 rings (SSSR count). The maximum absolute atomic E-state index is 13.6. The van der Waals surface area contributed by atoms with Crippen LogP contribution in [0.5, 0.6) is 0 Å². The van der Waals surface area contributed by atoms with Crippen LogP contribution in [0.4, 0.5) is 0 Å². The predicted molar refractivity (Wildman–Crippen MR) is 109 cm³/mol. The Bertz CT molecular complexity index is 1120. The highest BCUT2D eigenvalue weighted by atomic mass is 16.1. The van der Waals surface area contributed by atoms with E-state index in [4.69, 9.17) is 0 Å². The van der Waals surface area contributed by atoms with Gasteiger partial charge in [0, 0.05) is 17.6 Å². The monoisotopic (exact) mass is 360 g/mol. The molecule has 0 aliphatic rings. The molecule has 3 aromatic heterocycles. The van der Waals surface area contributed by atoms with Gasteiger partial charge in [-0.1, -0.05) is 44.9 Å². The number of fused-ring (bicyclic) bond motifs is 3. The molecular weight excluding hydrogens is 336 g/mol. The molecule has 0 bridgehead atoms. The maximum atomic E-state index is 13.6. The van der Waals surface area contributed by atoms with E-state index < -0.39 is 0 Å². The molecule has 27 heavy (non-hydrogen) atoms. The van der Waals surface area contributed by atoms with Gasteiger partial charge < -0.3 is 4.57 Å². The number of nitrogens with zero attached hydrogens (tertiary/aromatic N) is 4. The average Bonchev–Trinajstić information content (AvgIpc) is 3.14. The maximum Gasteiger partial charge on any atom is 0.282 e. The summed E-state index contributed by atoms with van der Waals surface area (Å²) in [4.78, 5) is 22.7. The van der Waals surface area contributed by atoms with Gasteiger partial charge in [0.1, 0.15) is 16.7 Å². The largest absolute Gasteiger partial charge is 0.323 e. The first-order chi connectivity index (χ1) is 13.3. The molecule has 0 fully saturated rings. The van der Waals surface area contributed by atoms with Gasteiger partial charge in [-0.25, -0.2) is 9.97 Å².